The molecule has 0 spiro atoms. The number of nitrogens with zero attached hydrogens (tertiary/aromatic N) is 2. The van der Waals surface area contributed by atoms with Crippen molar-refractivity contribution < 1.29 is 0 Å². The zero-order valence-corrected chi connectivity index (χ0v) is 11.9. The number of benzene rings is 1. The molecule has 0 amide bonds. The van der Waals surface area contributed by atoms with Gasteiger partial charge in [0.15, 0.2) is 0 Å². The van der Waals surface area contributed by atoms with Crippen molar-refractivity contribution >= 4 is 22.5 Å². The smallest absolute Gasteiger partial charge is 0.134 e. The topological polar surface area (TPSA) is 16.1 Å². The van der Waals surface area contributed by atoms with Gasteiger partial charge in [0.25, 0.3) is 0 Å². The minimum absolute atomic E-state index is 0.656. The lowest BCUT2D eigenvalue weighted by atomic mass is 10.1. The van der Waals surface area contributed by atoms with E-state index in [4.69, 9.17) is 11.6 Å². The number of pyridine rings is 1. The highest BCUT2D eigenvalue weighted by Gasteiger charge is 2.12. The van der Waals surface area contributed by atoms with Crippen molar-refractivity contribution in [2.45, 2.75) is 32.2 Å². The van der Waals surface area contributed by atoms with Gasteiger partial charge in [-0.05, 0) is 38.1 Å². The van der Waals surface area contributed by atoms with Gasteiger partial charge in [0.05, 0.1) is 5.52 Å². The van der Waals surface area contributed by atoms with Gasteiger partial charge in [-0.3, -0.25) is 4.90 Å². The Morgan fingerprint density at radius 1 is 1.05 bits per heavy atom. The Balaban J connectivity index is 1.85. The van der Waals surface area contributed by atoms with Gasteiger partial charge in [-0.15, -0.1) is 0 Å². The van der Waals surface area contributed by atoms with Crippen LogP contribution in [0.1, 0.15) is 31.2 Å². The minimum Gasteiger partial charge on any atom is -0.299 e. The highest BCUT2D eigenvalue weighted by Crippen LogP contribution is 2.22. The van der Waals surface area contributed by atoms with Crippen molar-refractivity contribution in [2.24, 2.45) is 0 Å². The maximum Gasteiger partial charge on any atom is 0.134 e. The summed E-state index contributed by atoms with van der Waals surface area (Å²) in [6.45, 7) is 3.29. The summed E-state index contributed by atoms with van der Waals surface area (Å²) in [7, 11) is 0. The fraction of sp³-hybridized carbons (Fsp3) is 0.438. The third-order valence-corrected chi connectivity index (χ3v) is 4.17. The van der Waals surface area contributed by atoms with Crippen LogP contribution >= 0.6 is 11.6 Å². The Morgan fingerprint density at radius 3 is 2.58 bits per heavy atom. The average Bonchev–Trinajstić information content (AvgIpc) is 2.68. The molecular formula is C16H19ClN2. The van der Waals surface area contributed by atoms with Gasteiger partial charge in [0, 0.05) is 17.5 Å². The number of aromatic nitrogens is 1. The summed E-state index contributed by atoms with van der Waals surface area (Å²) in [4.78, 5) is 7.01. The van der Waals surface area contributed by atoms with Gasteiger partial charge in [-0.25, -0.2) is 4.98 Å². The Bertz CT molecular complexity index is 560. The van der Waals surface area contributed by atoms with Crippen LogP contribution in [-0.2, 0) is 6.54 Å². The highest BCUT2D eigenvalue weighted by atomic mass is 35.5. The Labute approximate surface area is 119 Å². The Hall–Kier alpha value is -1.12. The molecule has 1 saturated heterocycles. The molecule has 3 rings (SSSR count). The third kappa shape index (κ3) is 3.07. The fourth-order valence-corrected chi connectivity index (χ4v) is 2.99. The van der Waals surface area contributed by atoms with E-state index in [-0.39, 0.29) is 0 Å². The van der Waals surface area contributed by atoms with Crippen LogP contribution in [0.3, 0.4) is 0 Å². The second kappa shape index (κ2) is 5.89. The second-order valence-electron chi connectivity index (χ2n) is 5.32. The summed E-state index contributed by atoms with van der Waals surface area (Å²) in [5.41, 5.74) is 2.13. The normalized spacial score (nSPS) is 17.5. The largest absolute Gasteiger partial charge is 0.299 e. The third-order valence-electron chi connectivity index (χ3n) is 3.84. The molecule has 1 aliphatic heterocycles. The van der Waals surface area contributed by atoms with Crippen molar-refractivity contribution in [1.82, 2.24) is 9.88 Å². The summed E-state index contributed by atoms with van der Waals surface area (Å²) < 4.78 is 0. The number of likely N-dealkylation sites (tertiary alicyclic amines) is 1. The maximum absolute atomic E-state index is 6.33. The summed E-state index contributed by atoms with van der Waals surface area (Å²) in [6.07, 6.45) is 5.33. The van der Waals surface area contributed by atoms with Crippen molar-refractivity contribution in [3.8, 4) is 0 Å². The number of hydrogen-bond acceptors (Lipinski definition) is 2. The lowest BCUT2D eigenvalue weighted by Gasteiger charge is -2.20. The van der Waals surface area contributed by atoms with Crippen LogP contribution in [0, 0.1) is 0 Å². The quantitative estimate of drug-likeness (QED) is 0.761. The van der Waals surface area contributed by atoms with Gasteiger partial charge < -0.3 is 0 Å². The van der Waals surface area contributed by atoms with Crippen molar-refractivity contribution in [1.29, 1.82) is 0 Å². The molecule has 0 aliphatic carbocycles. The number of rotatable bonds is 2. The standard InChI is InChI=1S/C16H19ClN2/c17-16-14(12-19-9-5-1-2-6-10-19)11-13-7-3-4-8-15(13)18-16/h3-4,7-8,11H,1-2,5-6,9-10,12H2. The molecule has 0 unspecified atom stereocenters. The minimum atomic E-state index is 0.656. The van der Waals surface area contributed by atoms with Gasteiger partial charge in [-0.2, -0.15) is 0 Å². The number of hydrogen-bond donors (Lipinski definition) is 0. The molecule has 19 heavy (non-hydrogen) atoms. The predicted octanol–water partition coefficient (Wildman–Crippen LogP) is 4.26. The van der Waals surface area contributed by atoms with Crippen LogP contribution in [-0.4, -0.2) is 23.0 Å². The molecule has 2 heterocycles. The van der Waals surface area contributed by atoms with E-state index in [1.807, 2.05) is 18.2 Å². The number of halogens is 1. The van der Waals surface area contributed by atoms with Crippen LogP contribution < -0.4 is 0 Å². The van der Waals surface area contributed by atoms with Gasteiger partial charge in [0.2, 0.25) is 0 Å². The first-order valence-electron chi connectivity index (χ1n) is 7.09. The van der Waals surface area contributed by atoms with Crippen LogP contribution in [0.5, 0.6) is 0 Å². The number of para-hydroxylation sites is 1. The monoisotopic (exact) mass is 274 g/mol. The second-order valence-corrected chi connectivity index (χ2v) is 5.68. The zero-order chi connectivity index (χ0) is 13.1. The van der Waals surface area contributed by atoms with E-state index in [2.05, 4.69) is 22.0 Å². The van der Waals surface area contributed by atoms with E-state index in [0.717, 1.165) is 17.6 Å². The molecule has 3 heteroatoms. The highest BCUT2D eigenvalue weighted by molar-refractivity contribution is 6.30. The summed E-state index contributed by atoms with van der Waals surface area (Å²) >= 11 is 6.33. The lowest BCUT2D eigenvalue weighted by molar-refractivity contribution is 0.277. The molecule has 2 nitrogen and oxygen atoms in total. The lowest BCUT2D eigenvalue weighted by Crippen LogP contribution is -2.24. The molecule has 0 saturated carbocycles. The first-order valence-corrected chi connectivity index (χ1v) is 7.47. The summed E-state index contributed by atoms with van der Waals surface area (Å²) in [6, 6.07) is 10.4. The number of fused-ring (bicyclic) bond motifs is 1. The Kier molecular flexibility index (Phi) is 4.00. The molecule has 0 atom stereocenters. The van der Waals surface area contributed by atoms with Gasteiger partial charge in [-0.1, -0.05) is 42.6 Å². The summed E-state index contributed by atoms with van der Waals surface area (Å²) in [5.74, 6) is 0. The SMILES string of the molecule is Clc1nc2ccccc2cc1CN1CCCCCC1. The summed E-state index contributed by atoms with van der Waals surface area (Å²) in [5, 5.41) is 1.83. The molecule has 0 radical (unpaired) electrons. The van der Waals surface area contributed by atoms with Gasteiger partial charge in [0.1, 0.15) is 5.15 Å². The molecular weight excluding hydrogens is 256 g/mol. The molecule has 0 bridgehead atoms. The molecule has 1 aromatic carbocycles. The molecule has 0 N–H and O–H groups in total. The van der Waals surface area contributed by atoms with Crippen LogP contribution in [0.15, 0.2) is 30.3 Å². The molecule has 2 aromatic rings. The fourth-order valence-electron chi connectivity index (χ4n) is 2.78. The molecule has 100 valence electrons. The van der Waals surface area contributed by atoms with E-state index in [9.17, 15) is 0 Å². The van der Waals surface area contributed by atoms with E-state index in [1.165, 1.54) is 44.2 Å². The van der Waals surface area contributed by atoms with E-state index < -0.39 is 0 Å². The van der Waals surface area contributed by atoms with Crippen molar-refractivity contribution in [3.05, 3.63) is 41.0 Å². The molecule has 1 aliphatic rings. The van der Waals surface area contributed by atoms with Gasteiger partial charge >= 0.3 is 0 Å². The van der Waals surface area contributed by atoms with E-state index in [1.54, 1.807) is 0 Å². The predicted molar refractivity (Wildman–Crippen MR) is 80.5 cm³/mol. The maximum atomic E-state index is 6.33. The average molecular weight is 275 g/mol. The van der Waals surface area contributed by atoms with Crippen LogP contribution in [0.25, 0.3) is 10.9 Å². The molecule has 1 aromatic heterocycles. The first-order chi connectivity index (χ1) is 9.33. The molecule has 1 fully saturated rings. The van der Waals surface area contributed by atoms with Crippen LogP contribution in [0.4, 0.5) is 0 Å². The Morgan fingerprint density at radius 2 is 1.79 bits per heavy atom. The van der Waals surface area contributed by atoms with E-state index in [0.29, 0.717) is 5.15 Å². The zero-order valence-electron chi connectivity index (χ0n) is 11.1. The van der Waals surface area contributed by atoms with Crippen molar-refractivity contribution in [2.75, 3.05) is 13.1 Å². The van der Waals surface area contributed by atoms with Crippen molar-refractivity contribution in [3.63, 3.8) is 0 Å². The van der Waals surface area contributed by atoms with Crippen LogP contribution in [0.2, 0.25) is 5.15 Å². The van der Waals surface area contributed by atoms with E-state index >= 15 is 0 Å². The first kappa shape index (κ1) is 12.9.